The van der Waals surface area contributed by atoms with Crippen molar-refractivity contribution in [3.05, 3.63) is 29.8 Å². The summed E-state index contributed by atoms with van der Waals surface area (Å²) in [5, 5.41) is 38.4. The second kappa shape index (κ2) is 7.85. The number of Topliss-reactive ketones (excluding diaryl/α,β-unsaturated/α-hetero) is 1. The van der Waals surface area contributed by atoms with Crippen molar-refractivity contribution in [3.8, 4) is 5.75 Å². The van der Waals surface area contributed by atoms with Gasteiger partial charge < -0.3 is 34.7 Å². The van der Waals surface area contributed by atoms with Crippen LogP contribution in [0.15, 0.2) is 24.3 Å². The Kier molecular flexibility index (Phi) is 6.09. The zero-order chi connectivity index (χ0) is 17.0. The van der Waals surface area contributed by atoms with E-state index in [1.807, 2.05) is 0 Å². The lowest BCUT2D eigenvalue weighted by atomic mass is 9.99. The number of aliphatic hydroxyl groups excluding tert-OH is 4. The number of rotatable bonds is 6. The minimum atomic E-state index is -1.47. The number of aliphatic hydroxyl groups is 4. The molecule has 0 spiro atoms. The van der Waals surface area contributed by atoms with E-state index in [4.69, 9.17) is 14.6 Å². The Labute approximate surface area is 134 Å². The van der Waals surface area contributed by atoms with Crippen molar-refractivity contribution in [1.29, 1.82) is 0 Å². The maximum atomic E-state index is 11.0. The summed E-state index contributed by atoms with van der Waals surface area (Å²) < 4.78 is 10.7. The van der Waals surface area contributed by atoms with Crippen molar-refractivity contribution in [1.82, 2.24) is 0 Å². The van der Waals surface area contributed by atoms with Gasteiger partial charge in [-0.25, -0.2) is 0 Å². The summed E-state index contributed by atoms with van der Waals surface area (Å²) in [5.74, 6) is 0.521. The molecule has 0 aliphatic carbocycles. The van der Waals surface area contributed by atoms with Gasteiger partial charge in [0, 0.05) is 6.42 Å². The predicted molar refractivity (Wildman–Crippen MR) is 79.8 cm³/mol. The second-order valence-corrected chi connectivity index (χ2v) is 5.66. The van der Waals surface area contributed by atoms with Gasteiger partial charge in [-0.05, 0) is 31.0 Å². The van der Waals surface area contributed by atoms with Gasteiger partial charge in [0.05, 0.1) is 6.61 Å². The average Bonchev–Trinajstić information content (AvgIpc) is 2.54. The van der Waals surface area contributed by atoms with Crippen LogP contribution in [0.1, 0.15) is 18.9 Å². The third-order valence-corrected chi connectivity index (χ3v) is 3.79. The number of benzene rings is 1. The molecule has 1 fully saturated rings. The van der Waals surface area contributed by atoms with Crippen molar-refractivity contribution in [3.63, 3.8) is 0 Å². The van der Waals surface area contributed by atoms with E-state index in [0.29, 0.717) is 18.6 Å². The Hall–Kier alpha value is -1.51. The molecule has 5 atom stereocenters. The monoisotopic (exact) mass is 326 g/mol. The molecule has 7 heteroatoms. The van der Waals surface area contributed by atoms with Crippen LogP contribution in [0.4, 0.5) is 0 Å². The number of carbonyl (C=O) groups excluding carboxylic acids is 1. The van der Waals surface area contributed by atoms with Crippen LogP contribution in [-0.2, 0) is 16.0 Å². The molecule has 23 heavy (non-hydrogen) atoms. The molecule has 1 heterocycles. The zero-order valence-corrected chi connectivity index (χ0v) is 12.8. The summed E-state index contributed by atoms with van der Waals surface area (Å²) in [7, 11) is 0. The lowest BCUT2D eigenvalue weighted by molar-refractivity contribution is -0.277. The number of ether oxygens (including phenoxy) is 2. The van der Waals surface area contributed by atoms with Crippen molar-refractivity contribution < 1.29 is 34.7 Å². The van der Waals surface area contributed by atoms with Gasteiger partial charge in [-0.3, -0.25) is 0 Å². The molecule has 0 radical (unpaired) electrons. The molecule has 1 aromatic rings. The van der Waals surface area contributed by atoms with Crippen LogP contribution in [-0.4, -0.2) is 63.5 Å². The maximum absolute atomic E-state index is 11.0. The van der Waals surface area contributed by atoms with Gasteiger partial charge in [-0.1, -0.05) is 12.1 Å². The third kappa shape index (κ3) is 4.49. The molecular weight excluding hydrogens is 304 g/mol. The normalized spacial score (nSPS) is 30.9. The summed E-state index contributed by atoms with van der Waals surface area (Å²) in [6.07, 6.45) is -5.43. The first-order valence-corrected chi connectivity index (χ1v) is 7.48. The van der Waals surface area contributed by atoms with Crippen molar-refractivity contribution in [2.24, 2.45) is 0 Å². The Morgan fingerprint density at radius 1 is 1.13 bits per heavy atom. The molecule has 0 bridgehead atoms. The topological polar surface area (TPSA) is 116 Å². The summed E-state index contributed by atoms with van der Waals surface area (Å²) in [4.78, 5) is 11.0. The van der Waals surface area contributed by atoms with Gasteiger partial charge >= 0.3 is 0 Å². The molecular formula is C16H22O7. The summed E-state index contributed by atoms with van der Waals surface area (Å²) in [6.45, 7) is 1.03. The van der Waals surface area contributed by atoms with E-state index in [-0.39, 0.29) is 5.78 Å². The average molecular weight is 326 g/mol. The first-order chi connectivity index (χ1) is 10.9. The van der Waals surface area contributed by atoms with Gasteiger partial charge in [0.1, 0.15) is 35.9 Å². The van der Waals surface area contributed by atoms with E-state index in [2.05, 4.69) is 0 Å². The van der Waals surface area contributed by atoms with Crippen molar-refractivity contribution in [2.75, 3.05) is 6.61 Å². The highest BCUT2D eigenvalue weighted by Crippen LogP contribution is 2.24. The van der Waals surface area contributed by atoms with Crippen LogP contribution < -0.4 is 4.74 Å². The van der Waals surface area contributed by atoms with Crippen LogP contribution in [0.2, 0.25) is 0 Å². The number of aryl methyl sites for hydroxylation is 1. The smallest absolute Gasteiger partial charge is 0.229 e. The highest BCUT2D eigenvalue weighted by molar-refractivity contribution is 5.75. The van der Waals surface area contributed by atoms with E-state index in [1.165, 1.54) is 6.92 Å². The fraction of sp³-hybridized carbons (Fsp3) is 0.562. The van der Waals surface area contributed by atoms with Crippen molar-refractivity contribution in [2.45, 2.75) is 50.5 Å². The number of hydrogen-bond donors (Lipinski definition) is 4. The van der Waals surface area contributed by atoms with Crippen LogP contribution in [0.25, 0.3) is 0 Å². The highest BCUT2D eigenvalue weighted by Gasteiger charge is 2.44. The Balaban J connectivity index is 1.99. The number of carbonyl (C=O) groups is 1. The Bertz CT molecular complexity index is 514. The maximum Gasteiger partial charge on any atom is 0.229 e. The zero-order valence-electron chi connectivity index (χ0n) is 12.8. The van der Waals surface area contributed by atoms with Crippen LogP contribution in [0, 0.1) is 0 Å². The largest absolute Gasteiger partial charge is 0.462 e. The standard InChI is InChI=1S/C16H22O7/c1-9(18)2-3-10-4-6-11(7-5-10)22-16-15(21)14(20)13(19)12(8-17)23-16/h4-7,12-17,19-21H,2-3,8H2,1H3/t12-,13-,14+,15-,16-/m1/s1. The van der Waals surface area contributed by atoms with E-state index < -0.39 is 37.3 Å². The summed E-state index contributed by atoms with van der Waals surface area (Å²) in [6, 6.07) is 6.92. The quantitative estimate of drug-likeness (QED) is 0.551. The van der Waals surface area contributed by atoms with Gasteiger partial charge in [0.15, 0.2) is 0 Å². The third-order valence-electron chi connectivity index (χ3n) is 3.79. The SMILES string of the molecule is CC(=O)CCc1ccc(O[C@@H]2O[C@H](CO)[C@@H](O)[C@H](O)[C@H]2O)cc1. The Morgan fingerprint density at radius 2 is 1.78 bits per heavy atom. The summed E-state index contributed by atoms with van der Waals surface area (Å²) in [5.41, 5.74) is 0.973. The molecule has 0 saturated carbocycles. The first-order valence-electron chi connectivity index (χ1n) is 7.48. The van der Waals surface area contributed by atoms with E-state index in [1.54, 1.807) is 24.3 Å². The minimum absolute atomic E-state index is 0.117. The fourth-order valence-corrected chi connectivity index (χ4v) is 2.35. The molecule has 1 saturated heterocycles. The molecule has 1 aliphatic rings. The predicted octanol–water partition coefficient (Wildman–Crippen LogP) is -0.613. The van der Waals surface area contributed by atoms with Crippen LogP contribution in [0.5, 0.6) is 5.75 Å². The molecule has 2 rings (SSSR count). The number of hydrogen-bond acceptors (Lipinski definition) is 7. The lowest BCUT2D eigenvalue weighted by Gasteiger charge is -2.39. The first kappa shape index (κ1) is 17.8. The number of ketones is 1. The highest BCUT2D eigenvalue weighted by atomic mass is 16.7. The van der Waals surface area contributed by atoms with E-state index >= 15 is 0 Å². The Morgan fingerprint density at radius 3 is 2.35 bits per heavy atom. The van der Waals surface area contributed by atoms with Gasteiger partial charge in [-0.2, -0.15) is 0 Å². The fourth-order valence-electron chi connectivity index (χ4n) is 2.35. The molecule has 128 valence electrons. The molecule has 4 N–H and O–H groups in total. The molecule has 0 unspecified atom stereocenters. The van der Waals surface area contributed by atoms with E-state index in [9.17, 15) is 20.1 Å². The van der Waals surface area contributed by atoms with Crippen molar-refractivity contribution >= 4 is 5.78 Å². The molecule has 7 nitrogen and oxygen atoms in total. The molecule has 1 aliphatic heterocycles. The molecule has 1 aromatic carbocycles. The summed E-state index contributed by atoms with van der Waals surface area (Å²) >= 11 is 0. The van der Waals surface area contributed by atoms with Gasteiger partial charge in [0.2, 0.25) is 6.29 Å². The van der Waals surface area contributed by atoms with E-state index in [0.717, 1.165) is 5.56 Å². The molecule has 0 amide bonds. The van der Waals surface area contributed by atoms with Crippen LogP contribution in [0.3, 0.4) is 0 Å². The van der Waals surface area contributed by atoms with Gasteiger partial charge in [0.25, 0.3) is 0 Å². The lowest BCUT2D eigenvalue weighted by Crippen LogP contribution is -2.60. The van der Waals surface area contributed by atoms with Gasteiger partial charge in [-0.15, -0.1) is 0 Å². The van der Waals surface area contributed by atoms with Crippen LogP contribution >= 0.6 is 0 Å². The minimum Gasteiger partial charge on any atom is -0.462 e. The second-order valence-electron chi connectivity index (χ2n) is 5.66. The molecule has 0 aromatic heterocycles.